The SMILES string of the molecule is CCN(CC)S(=O)(=O)N1CCCN(C(=O)c2ccccc2F)CC1. The molecule has 24 heavy (non-hydrogen) atoms. The van der Waals surface area contributed by atoms with Crippen molar-refractivity contribution in [2.45, 2.75) is 20.3 Å². The van der Waals surface area contributed by atoms with Crippen LogP contribution in [0, 0.1) is 5.82 Å². The second-order valence-corrected chi connectivity index (χ2v) is 7.55. The summed E-state index contributed by atoms with van der Waals surface area (Å²) in [5, 5.41) is 0. The third-order valence-corrected chi connectivity index (χ3v) is 6.39. The third kappa shape index (κ3) is 3.93. The van der Waals surface area contributed by atoms with Crippen LogP contribution in [0.5, 0.6) is 0 Å². The number of rotatable bonds is 5. The van der Waals surface area contributed by atoms with E-state index in [0.29, 0.717) is 32.6 Å². The molecule has 6 nitrogen and oxygen atoms in total. The fraction of sp³-hybridized carbons (Fsp3) is 0.562. The lowest BCUT2D eigenvalue weighted by Crippen LogP contribution is -2.45. The van der Waals surface area contributed by atoms with Gasteiger partial charge in [-0.3, -0.25) is 4.79 Å². The zero-order chi connectivity index (χ0) is 17.7. The van der Waals surface area contributed by atoms with Crippen LogP contribution in [0.3, 0.4) is 0 Å². The lowest BCUT2D eigenvalue weighted by Gasteiger charge is -2.27. The minimum Gasteiger partial charge on any atom is -0.337 e. The normalized spacial score (nSPS) is 17.1. The molecule has 0 spiro atoms. The summed E-state index contributed by atoms with van der Waals surface area (Å²) in [7, 11) is -3.51. The molecule has 0 unspecified atom stereocenters. The van der Waals surface area contributed by atoms with E-state index in [1.54, 1.807) is 19.9 Å². The van der Waals surface area contributed by atoms with Gasteiger partial charge in [0.15, 0.2) is 0 Å². The van der Waals surface area contributed by atoms with Gasteiger partial charge in [-0.15, -0.1) is 0 Å². The second kappa shape index (κ2) is 8.04. The molecule has 1 aliphatic rings. The predicted molar refractivity (Wildman–Crippen MR) is 90.3 cm³/mol. The van der Waals surface area contributed by atoms with Gasteiger partial charge in [-0.25, -0.2) is 4.39 Å². The molecular weight excluding hydrogens is 333 g/mol. The summed E-state index contributed by atoms with van der Waals surface area (Å²) in [4.78, 5) is 14.0. The van der Waals surface area contributed by atoms with Gasteiger partial charge in [0.25, 0.3) is 16.1 Å². The van der Waals surface area contributed by atoms with Crippen LogP contribution in [0.25, 0.3) is 0 Å². The van der Waals surface area contributed by atoms with E-state index in [9.17, 15) is 17.6 Å². The molecule has 134 valence electrons. The van der Waals surface area contributed by atoms with Crippen molar-refractivity contribution in [3.8, 4) is 0 Å². The summed E-state index contributed by atoms with van der Waals surface area (Å²) < 4.78 is 41.8. The molecule has 1 aromatic carbocycles. The Balaban J connectivity index is 2.11. The number of carbonyl (C=O) groups is 1. The standard InChI is InChI=1S/C16H24FN3O3S/c1-3-19(4-2)24(22,23)20-11-7-10-18(12-13-20)16(21)14-8-5-6-9-15(14)17/h5-6,8-9H,3-4,7,10-13H2,1-2H3. The molecule has 0 aromatic heterocycles. The van der Waals surface area contributed by atoms with Crippen molar-refractivity contribution in [2.24, 2.45) is 0 Å². The van der Waals surface area contributed by atoms with E-state index in [2.05, 4.69) is 0 Å². The van der Waals surface area contributed by atoms with Crippen molar-refractivity contribution < 1.29 is 17.6 Å². The maximum absolute atomic E-state index is 13.8. The number of carbonyl (C=O) groups excluding carboxylic acids is 1. The number of hydrogen-bond donors (Lipinski definition) is 0. The van der Waals surface area contributed by atoms with Gasteiger partial charge in [-0.05, 0) is 18.6 Å². The molecule has 1 aromatic rings. The predicted octanol–water partition coefficient (Wildman–Crippen LogP) is 1.56. The highest BCUT2D eigenvalue weighted by Crippen LogP contribution is 2.15. The van der Waals surface area contributed by atoms with Gasteiger partial charge in [0.2, 0.25) is 0 Å². The molecule has 1 fully saturated rings. The molecule has 0 saturated carbocycles. The molecule has 8 heteroatoms. The van der Waals surface area contributed by atoms with Crippen molar-refractivity contribution in [3.63, 3.8) is 0 Å². The van der Waals surface area contributed by atoms with Gasteiger partial charge in [0.05, 0.1) is 5.56 Å². The maximum atomic E-state index is 13.8. The third-order valence-electron chi connectivity index (χ3n) is 4.20. The number of amides is 1. The monoisotopic (exact) mass is 357 g/mol. The largest absolute Gasteiger partial charge is 0.337 e. The van der Waals surface area contributed by atoms with E-state index in [1.165, 1.54) is 31.7 Å². The number of hydrogen-bond acceptors (Lipinski definition) is 3. The fourth-order valence-electron chi connectivity index (χ4n) is 2.85. The first-order chi connectivity index (χ1) is 11.4. The van der Waals surface area contributed by atoms with Gasteiger partial charge in [0, 0.05) is 39.3 Å². The molecule has 0 aliphatic carbocycles. The minimum atomic E-state index is -3.51. The van der Waals surface area contributed by atoms with E-state index < -0.39 is 21.9 Å². The highest BCUT2D eigenvalue weighted by molar-refractivity contribution is 7.86. The van der Waals surface area contributed by atoms with Crippen LogP contribution in [0.4, 0.5) is 4.39 Å². The highest BCUT2D eigenvalue weighted by atomic mass is 32.2. The Bertz CT molecular complexity index is 677. The van der Waals surface area contributed by atoms with Crippen molar-refractivity contribution in [3.05, 3.63) is 35.6 Å². The summed E-state index contributed by atoms with van der Waals surface area (Å²) in [6.45, 7) is 5.67. The first kappa shape index (κ1) is 18.8. The van der Waals surface area contributed by atoms with Crippen LogP contribution in [0.2, 0.25) is 0 Å². The zero-order valence-electron chi connectivity index (χ0n) is 14.1. The Hall–Kier alpha value is -1.51. The summed E-state index contributed by atoms with van der Waals surface area (Å²) in [6, 6.07) is 5.85. The molecule has 0 radical (unpaired) electrons. The van der Waals surface area contributed by atoms with Gasteiger partial charge < -0.3 is 4.90 Å². The molecule has 1 heterocycles. The van der Waals surface area contributed by atoms with Gasteiger partial charge in [-0.1, -0.05) is 26.0 Å². The van der Waals surface area contributed by atoms with E-state index in [0.717, 1.165) is 0 Å². The van der Waals surface area contributed by atoms with Crippen LogP contribution < -0.4 is 0 Å². The molecule has 1 saturated heterocycles. The average molecular weight is 357 g/mol. The van der Waals surface area contributed by atoms with E-state index >= 15 is 0 Å². The van der Waals surface area contributed by atoms with E-state index in [-0.39, 0.29) is 18.7 Å². The Kier molecular flexibility index (Phi) is 6.31. The molecule has 0 bridgehead atoms. The quantitative estimate of drug-likeness (QED) is 0.803. The van der Waals surface area contributed by atoms with Gasteiger partial charge in [-0.2, -0.15) is 17.0 Å². The van der Waals surface area contributed by atoms with Crippen LogP contribution in [-0.2, 0) is 10.2 Å². The molecular formula is C16H24FN3O3S. The van der Waals surface area contributed by atoms with Crippen molar-refractivity contribution >= 4 is 16.1 Å². The summed E-state index contributed by atoms with van der Waals surface area (Å²) in [5.41, 5.74) is 0.0255. The number of benzene rings is 1. The topological polar surface area (TPSA) is 60.9 Å². The van der Waals surface area contributed by atoms with Crippen LogP contribution in [0.1, 0.15) is 30.6 Å². The summed E-state index contributed by atoms with van der Waals surface area (Å²) >= 11 is 0. The van der Waals surface area contributed by atoms with Gasteiger partial charge in [0.1, 0.15) is 5.82 Å². The smallest absolute Gasteiger partial charge is 0.282 e. The maximum Gasteiger partial charge on any atom is 0.282 e. The van der Waals surface area contributed by atoms with E-state index in [4.69, 9.17) is 0 Å². The molecule has 1 aliphatic heterocycles. The Morgan fingerprint density at radius 1 is 1.12 bits per heavy atom. The van der Waals surface area contributed by atoms with E-state index in [1.807, 2.05) is 0 Å². The Morgan fingerprint density at radius 2 is 1.79 bits per heavy atom. The number of nitrogens with zero attached hydrogens (tertiary/aromatic N) is 3. The fourth-order valence-corrected chi connectivity index (χ4v) is 4.50. The molecule has 2 rings (SSSR count). The zero-order valence-corrected chi connectivity index (χ0v) is 14.9. The van der Waals surface area contributed by atoms with Crippen molar-refractivity contribution in [1.29, 1.82) is 0 Å². The van der Waals surface area contributed by atoms with Gasteiger partial charge >= 0.3 is 0 Å². The van der Waals surface area contributed by atoms with Crippen LogP contribution >= 0.6 is 0 Å². The Morgan fingerprint density at radius 3 is 2.42 bits per heavy atom. The second-order valence-electron chi connectivity index (χ2n) is 5.62. The first-order valence-corrected chi connectivity index (χ1v) is 9.60. The minimum absolute atomic E-state index is 0.0255. The number of halogens is 1. The highest BCUT2D eigenvalue weighted by Gasteiger charge is 2.30. The lowest BCUT2D eigenvalue weighted by atomic mass is 10.2. The lowest BCUT2D eigenvalue weighted by molar-refractivity contribution is 0.0759. The van der Waals surface area contributed by atoms with Crippen LogP contribution in [-0.4, -0.2) is 67.1 Å². The van der Waals surface area contributed by atoms with Crippen molar-refractivity contribution in [2.75, 3.05) is 39.3 Å². The Labute approximate surface area is 143 Å². The van der Waals surface area contributed by atoms with Crippen LogP contribution in [0.15, 0.2) is 24.3 Å². The van der Waals surface area contributed by atoms with Crippen molar-refractivity contribution in [1.82, 2.24) is 13.5 Å². The summed E-state index contributed by atoms with van der Waals surface area (Å²) in [5.74, 6) is -0.949. The molecule has 1 amide bonds. The average Bonchev–Trinajstić information content (AvgIpc) is 2.82. The summed E-state index contributed by atoms with van der Waals surface area (Å²) in [6.07, 6.45) is 0.528. The first-order valence-electron chi connectivity index (χ1n) is 8.20. The molecule has 0 N–H and O–H groups in total. The molecule has 0 atom stereocenters.